The third-order valence-electron chi connectivity index (χ3n) is 4.21. The molecule has 2 rings (SSSR count). The van der Waals surface area contributed by atoms with Gasteiger partial charge in [-0.2, -0.15) is 0 Å². The van der Waals surface area contributed by atoms with Crippen LogP contribution in [0.15, 0.2) is 24.4 Å². The minimum atomic E-state index is -0.994. The number of piperidine rings is 1. The Balaban J connectivity index is 1.98. The molecule has 1 saturated heterocycles. The molecule has 1 fully saturated rings. The smallest absolute Gasteiger partial charge is 0.308 e. The van der Waals surface area contributed by atoms with Crippen LogP contribution in [0, 0.1) is 11.8 Å². The SMILES string of the molecule is COCCC(=O)N1C[C@@H](C(=O)O)C[C@@H](C(=O)NCc2ccccn2)C1. The van der Waals surface area contributed by atoms with E-state index in [2.05, 4.69) is 10.3 Å². The molecule has 0 spiro atoms. The lowest BCUT2D eigenvalue weighted by Crippen LogP contribution is -2.50. The maximum Gasteiger partial charge on any atom is 0.308 e. The molecule has 2 heterocycles. The number of nitrogens with one attached hydrogen (secondary N) is 1. The quantitative estimate of drug-likeness (QED) is 0.732. The Morgan fingerprint density at radius 3 is 2.72 bits per heavy atom. The van der Waals surface area contributed by atoms with E-state index < -0.39 is 17.8 Å². The number of rotatable bonds is 7. The van der Waals surface area contributed by atoms with Crippen LogP contribution in [-0.2, 0) is 25.7 Å². The van der Waals surface area contributed by atoms with Crippen LogP contribution < -0.4 is 5.32 Å². The first-order valence-electron chi connectivity index (χ1n) is 8.18. The monoisotopic (exact) mass is 349 g/mol. The van der Waals surface area contributed by atoms with Gasteiger partial charge in [-0.3, -0.25) is 19.4 Å². The minimum Gasteiger partial charge on any atom is -0.481 e. The zero-order valence-corrected chi connectivity index (χ0v) is 14.2. The summed E-state index contributed by atoms with van der Waals surface area (Å²) in [7, 11) is 1.50. The zero-order chi connectivity index (χ0) is 18.2. The van der Waals surface area contributed by atoms with E-state index in [0.717, 1.165) is 5.69 Å². The summed E-state index contributed by atoms with van der Waals surface area (Å²) in [6.45, 7) is 0.886. The number of likely N-dealkylation sites (tertiary alicyclic amines) is 1. The fraction of sp³-hybridized carbons (Fsp3) is 0.529. The topological polar surface area (TPSA) is 109 Å². The van der Waals surface area contributed by atoms with Crippen LogP contribution in [0.2, 0.25) is 0 Å². The fourth-order valence-corrected chi connectivity index (χ4v) is 2.84. The predicted octanol–water partition coefficient (Wildman–Crippen LogP) is 0.284. The molecule has 25 heavy (non-hydrogen) atoms. The van der Waals surface area contributed by atoms with Gasteiger partial charge in [-0.15, -0.1) is 0 Å². The number of hydrogen-bond donors (Lipinski definition) is 2. The maximum absolute atomic E-state index is 12.4. The number of carbonyl (C=O) groups excluding carboxylic acids is 2. The Morgan fingerprint density at radius 1 is 1.32 bits per heavy atom. The molecule has 0 saturated carbocycles. The third kappa shape index (κ3) is 5.53. The second-order valence-corrected chi connectivity index (χ2v) is 6.05. The molecule has 136 valence electrons. The molecule has 1 aliphatic heterocycles. The summed E-state index contributed by atoms with van der Waals surface area (Å²) in [6.07, 6.45) is 2.03. The summed E-state index contributed by atoms with van der Waals surface area (Å²) in [6, 6.07) is 5.40. The number of aliphatic carboxylic acids is 1. The van der Waals surface area contributed by atoms with E-state index in [0.29, 0.717) is 0 Å². The first kappa shape index (κ1) is 18.9. The van der Waals surface area contributed by atoms with Crippen LogP contribution in [0.25, 0.3) is 0 Å². The molecule has 1 aliphatic rings. The van der Waals surface area contributed by atoms with Crippen LogP contribution in [-0.4, -0.2) is 59.6 Å². The van der Waals surface area contributed by atoms with Crippen LogP contribution in [0.4, 0.5) is 0 Å². The molecule has 8 nitrogen and oxygen atoms in total. The number of ether oxygens (including phenoxy) is 1. The summed E-state index contributed by atoms with van der Waals surface area (Å²) >= 11 is 0. The zero-order valence-electron chi connectivity index (χ0n) is 14.2. The van der Waals surface area contributed by atoms with Gasteiger partial charge in [0.25, 0.3) is 0 Å². The number of hydrogen-bond acceptors (Lipinski definition) is 5. The number of carbonyl (C=O) groups is 3. The summed E-state index contributed by atoms with van der Waals surface area (Å²) < 4.78 is 4.89. The molecule has 1 aromatic rings. The number of methoxy groups -OCH3 is 1. The molecular formula is C17H23N3O5. The van der Waals surface area contributed by atoms with Crippen LogP contribution in [0.3, 0.4) is 0 Å². The summed E-state index contributed by atoms with van der Waals surface area (Å²) in [5, 5.41) is 12.1. The van der Waals surface area contributed by atoms with E-state index in [-0.39, 0.29) is 50.9 Å². The van der Waals surface area contributed by atoms with Gasteiger partial charge in [-0.05, 0) is 18.6 Å². The molecule has 0 aliphatic carbocycles. The molecule has 0 aromatic carbocycles. The molecule has 8 heteroatoms. The Labute approximate surface area is 146 Å². The molecular weight excluding hydrogens is 326 g/mol. The summed E-state index contributed by atoms with van der Waals surface area (Å²) in [4.78, 5) is 41.6. The number of carboxylic acids is 1. The molecule has 0 unspecified atom stereocenters. The highest BCUT2D eigenvalue weighted by molar-refractivity contribution is 5.83. The van der Waals surface area contributed by atoms with Crippen molar-refractivity contribution in [2.75, 3.05) is 26.8 Å². The van der Waals surface area contributed by atoms with Crippen LogP contribution in [0.1, 0.15) is 18.5 Å². The van der Waals surface area contributed by atoms with Gasteiger partial charge in [0.2, 0.25) is 11.8 Å². The lowest BCUT2D eigenvalue weighted by molar-refractivity contribution is -0.148. The Morgan fingerprint density at radius 2 is 2.08 bits per heavy atom. The van der Waals surface area contributed by atoms with Gasteiger partial charge in [0.15, 0.2) is 0 Å². The van der Waals surface area contributed by atoms with Crippen molar-refractivity contribution in [3.05, 3.63) is 30.1 Å². The molecule has 0 bridgehead atoms. The largest absolute Gasteiger partial charge is 0.481 e. The van der Waals surface area contributed by atoms with Gasteiger partial charge in [-0.25, -0.2) is 0 Å². The average molecular weight is 349 g/mol. The van der Waals surface area contributed by atoms with Crippen LogP contribution in [0.5, 0.6) is 0 Å². The van der Waals surface area contributed by atoms with Gasteiger partial charge >= 0.3 is 5.97 Å². The van der Waals surface area contributed by atoms with Crippen molar-refractivity contribution in [3.63, 3.8) is 0 Å². The molecule has 1 aromatic heterocycles. The average Bonchev–Trinajstić information content (AvgIpc) is 2.64. The van der Waals surface area contributed by atoms with Gasteiger partial charge in [-0.1, -0.05) is 6.07 Å². The Bertz CT molecular complexity index is 608. The number of amides is 2. The Hall–Kier alpha value is -2.48. The normalized spacial score (nSPS) is 20.1. The summed E-state index contributed by atoms with van der Waals surface area (Å²) in [5.41, 5.74) is 0.717. The predicted molar refractivity (Wildman–Crippen MR) is 88.4 cm³/mol. The number of aromatic nitrogens is 1. The summed E-state index contributed by atoms with van der Waals surface area (Å²) in [5.74, 6) is -2.75. The van der Waals surface area contributed by atoms with Crippen molar-refractivity contribution in [2.45, 2.75) is 19.4 Å². The standard InChI is InChI=1S/C17H23N3O5/c1-25-7-5-15(21)20-10-12(8-13(11-20)17(23)24)16(22)19-9-14-4-2-3-6-18-14/h2-4,6,12-13H,5,7-11H2,1H3,(H,19,22)(H,23,24)/t12-,13+/m1/s1. The van der Waals surface area contributed by atoms with Crippen molar-refractivity contribution >= 4 is 17.8 Å². The van der Waals surface area contributed by atoms with Gasteiger partial charge in [0.05, 0.1) is 37.1 Å². The van der Waals surface area contributed by atoms with Crippen molar-refractivity contribution < 1.29 is 24.2 Å². The molecule has 2 N–H and O–H groups in total. The maximum atomic E-state index is 12.4. The first-order valence-corrected chi connectivity index (χ1v) is 8.18. The number of pyridine rings is 1. The van der Waals surface area contributed by atoms with E-state index in [1.54, 1.807) is 18.3 Å². The molecule has 0 radical (unpaired) electrons. The highest BCUT2D eigenvalue weighted by atomic mass is 16.5. The second kappa shape index (κ2) is 9.12. The van der Waals surface area contributed by atoms with E-state index >= 15 is 0 Å². The van der Waals surface area contributed by atoms with E-state index in [4.69, 9.17) is 4.74 Å². The van der Waals surface area contributed by atoms with Crippen molar-refractivity contribution in [2.24, 2.45) is 11.8 Å². The lowest BCUT2D eigenvalue weighted by Gasteiger charge is -2.35. The van der Waals surface area contributed by atoms with E-state index in [1.165, 1.54) is 12.0 Å². The fourth-order valence-electron chi connectivity index (χ4n) is 2.84. The van der Waals surface area contributed by atoms with Crippen LogP contribution >= 0.6 is 0 Å². The van der Waals surface area contributed by atoms with Gasteiger partial charge < -0.3 is 20.1 Å². The van der Waals surface area contributed by atoms with Crippen molar-refractivity contribution in [3.8, 4) is 0 Å². The second-order valence-electron chi connectivity index (χ2n) is 6.05. The van der Waals surface area contributed by atoms with Crippen molar-refractivity contribution in [1.29, 1.82) is 0 Å². The van der Waals surface area contributed by atoms with Crippen molar-refractivity contribution in [1.82, 2.24) is 15.2 Å². The molecule has 2 amide bonds. The Kier molecular flexibility index (Phi) is 6.88. The van der Waals surface area contributed by atoms with E-state index in [9.17, 15) is 19.5 Å². The van der Waals surface area contributed by atoms with Gasteiger partial charge in [0.1, 0.15) is 0 Å². The molecule has 2 atom stereocenters. The number of nitrogens with zero attached hydrogens (tertiary/aromatic N) is 2. The van der Waals surface area contributed by atoms with Gasteiger partial charge in [0, 0.05) is 26.4 Å². The van der Waals surface area contributed by atoms with E-state index in [1.807, 2.05) is 6.07 Å². The number of carboxylic acid groups (broad SMARTS) is 1. The first-order chi connectivity index (χ1) is 12.0. The minimum absolute atomic E-state index is 0.127. The highest BCUT2D eigenvalue weighted by Gasteiger charge is 2.36. The third-order valence-corrected chi connectivity index (χ3v) is 4.21. The highest BCUT2D eigenvalue weighted by Crippen LogP contribution is 2.23. The lowest BCUT2D eigenvalue weighted by atomic mass is 9.88.